The number of nitrogens with two attached hydrogens (primary N) is 1. The van der Waals surface area contributed by atoms with Crippen LogP contribution in [-0.4, -0.2) is 9.97 Å². The van der Waals surface area contributed by atoms with E-state index >= 15 is 0 Å². The molecule has 0 spiro atoms. The maximum Gasteiger partial charge on any atom is 0.123 e. The second-order valence-corrected chi connectivity index (χ2v) is 5.71. The molecule has 1 heterocycles. The van der Waals surface area contributed by atoms with E-state index in [0.29, 0.717) is 5.92 Å². The van der Waals surface area contributed by atoms with Gasteiger partial charge in [0.2, 0.25) is 0 Å². The fourth-order valence-corrected chi connectivity index (χ4v) is 2.28. The van der Waals surface area contributed by atoms with Gasteiger partial charge in [0.15, 0.2) is 0 Å². The van der Waals surface area contributed by atoms with Gasteiger partial charge in [0, 0.05) is 0 Å². The van der Waals surface area contributed by atoms with Crippen molar-refractivity contribution in [2.75, 3.05) is 0 Å². The molecule has 1 atom stereocenters. The Morgan fingerprint density at radius 1 is 1.20 bits per heavy atom. The Morgan fingerprint density at radius 2 is 1.90 bits per heavy atom. The van der Waals surface area contributed by atoms with E-state index in [4.69, 9.17) is 5.73 Å². The second kappa shape index (κ2) is 6.71. The molecule has 2 aromatic rings. The predicted molar refractivity (Wildman–Crippen MR) is 84.6 cm³/mol. The van der Waals surface area contributed by atoms with Crippen LogP contribution in [0, 0.1) is 0 Å². The summed E-state index contributed by atoms with van der Waals surface area (Å²) in [6.07, 6.45) is 5.17. The summed E-state index contributed by atoms with van der Waals surface area (Å²) in [7, 11) is 0. The lowest BCUT2D eigenvalue weighted by atomic mass is 10.0. The van der Waals surface area contributed by atoms with Crippen molar-refractivity contribution in [3.8, 4) is 11.3 Å². The molecule has 0 aliphatic rings. The first-order chi connectivity index (χ1) is 9.61. The first-order valence-corrected chi connectivity index (χ1v) is 7.52. The molecule has 1 aromatic carbocycles. The predicted octanol–water partition coefficient (Wildman–Crippen LogP) is 4.39. The summed E-state index contributed by atoms with van der Waals surface area (Å²) in [5.74, 6) is 1.45. The number of aromatic amines is 1. The Balaban J connectivity index is 2.11. The monoisotopic (exact) mass is 271 g/mol. The number of nitrogens with one attached hydrogen (secondary N) is 1. The molecule has 2 rings (SSSR count). The van der Waals surface area contributed by atoms with Crippen molar-refractivity contribution >= 4 is 0 Å². The van der Waals surface area contributed by atoms with Gasteiger partial charge in [-0.1, -0.05) is 57.9 Å². The SMILES string of the molecule is CCCCC(N)c1ncc(-c2ccc(C(C)C)cc2)[nH]1. The van der Waals surface area contributed by atoms with Gasteiger partial charge in [-0.3, -0.25) is 0 Å². The summed E-state index contributed by atoms with van der Waals surface area (Å²) in [6.45, 7) is 6.59. The van der Waals surface area contributed by atoms with Gasteiger partial charge in [-0.05, 0) is 23.5 Å². The van der Waals surface area contributed by atoms with Crippen LogP contribution in [0.4, 0.5) is 0 Å². The molecule has 0 bridgehead atoms. The molecule has 3 N–H and O–H groups in total. The molecule has 0 amide bonds. The lowest BCUT2D eigenvalue weighted by Gasteiger charge is -2.08. The fourth-order valence-electron chi connectivity index (χ4n) is 2.28. The van der Waals surface area contributed by atoms with Gasteiger partial charge in [-0.2, -0.15) is 0 Å². The largest absolute Gasteiger partial charge is 0.341 e. The van der Waals surface area contributed by atoms with Crippen LogP contribution in [0.2, 0.25) is 0 Å². The highest BCUT2D eigenvalue weighted by Gasteiger charge is 2.10. The summed E-state index contributed by atoms with van der Waals surface area (Å²) in [4.78, 5) is 7.77. The topological polar surface area (TPSA) is 54.7 Å². The van der Waals surface area contributed by atoms with Crippen LogP contribution in [0.5, 0.6) is 0 Å². The lowest BCUT2D eigenvalue weighted by molar-refractivity contribution is 0.580. The Labute approximate surface area is 121 Å². The zero-order valence-electron chi connectivity index (χ0n) is 12.7. The smallest absolute Gasteiger partial charge is 0.123 e. The molecule has 3 heteroatoms. The Hall–Kier alpha value is -1.61. The van der Waals surface area contributed by atoms with Crippen LogP contribution in [-0.2, 0) is 0 Å². The molecule has 3 nitrogen and oxygen atoms in total. The molecule has 1 unspecified atom stereocenters. The Kier molecular flexibility index (Phi) is 4.96. The maximum absolute atomic E-state index is 6.14. The van der Waals surface area contributed by atoms with Gasteiger partial charge in [0.1, 0.15) is 5.82 Å². The molecule has 0 radical (unpaired) electrons. The van der Waals surface area contributed by atoms with Gasteiger partial charge in [-0.25, -0.2) is 4.98 Å². The van der Waals surface area contributed by atoms with Crippen molar-refractivity contribution in [3.63, 3.8) is 0 Å². The summed E-state index contributed by atoms with van der Waals surface area (Å²) in [6, 6.07) is 8.65. The van der Waals surface area contributed by atoms with E-state index in [-0.39, 0.29) is 6.04 Å². The van der Waals surface area contributed by atoms with Gasteiger partial charge in [-0.15, -0.1) is 0 Å². The van der Waals surface area contributed by atoms with Crippen LogP contribution in [0.15, 0.2) is 30.5 Å². The first-order valence-electron chi connectivity index (χ1n) is 7.52. The molecule has 0 fully saturated rings. The molecule has 0 saturated carbocycles. The van der Waals surface area contributed by atoms with Crippen LogP contribution in [0.1, 0.15) is 63.4 Å². The highest BCUT2D eigenvalue weighted by atomic mass is 15.0. The average Bonchev–Trinajstić information content (AvgIpc) is 2.94. The lowest BCUT2D eigenvalue weighted by Crippen LogP contribution is -2.11. The molecule has 0 aliphatic heterocycles. The van der Waals surface area contributed by atoms with E-state index in [1.54, 1.807) is 0 Å². The van der Waals surface area contributed by atoms with Crippen molar-refractivity contribution in [2.45, 2.75) is 52.0 Å². The van der Waals surface area contributed by atoms with E-state index in [9.17, 15) is 0 Å². The van der Waals surface area contributed by atoms with E-state index in [1.165, 1.54) is 5.56 Å². The zero-order valence-corrected chi connectivity index (χ0v) is 12.7. The summed E-state index contributed by atoms with van der Waals surface area (Å²) >= 11 is 0. The summed E-state index contributed by atoms with van der Waals surface area (Å²) in [5.41, 5.74) is 9.70. The molecule has 108 valence electrons. The number of hydrogen-bond acceptors (Lipinski definition) is 2. The summed E-state index contributed by atoms with van der Waals surface area (Å²) < 4.78 is 0. The quantitative estimate of drug-likeness (QED) is 0.818. The number of imidazole rings is 1. The normalized spacial score (nSPS) is 12.8. The van der Waals surface area contributed by atoms with Crippen LogP contribution in [0.3, 0.4) is 0 Å². The molecule has 0 saturated heterocycles. The molecule has 20 heavy (non-hydrogen) atoms. The third kappa shape index (κ3) is 3.48. The first kappa shape index (κ1) is 14.8. The van der Waals surface area contributed by atoms with Crippen molar-refractivity contribution in [1.82, 2.24) is 9.97 Å². The van der Waals surface area contributed by atoms with Crippen molar-refractivity contribution in [2.24, 2.45) is 5.73 Å². The Bertz CT molecular complexity index is 525. The van der Waals surface area contributed by atoms with Crippen molar-refractivity contribution < 1.29 is 0 Å². The molecular weight excluding hydrogens is 246 g/mol. The standard InChI is InChI=1S/C17H25N3/c1-4-5-6-15(18)17-19-11-16(20-17)14-9-7-13(8-10-14)12(2)3/h7-12,15H,4-6,18H2,1-3H3,(H,19,20). The number of hydrogen-bond donors (Lipinski definition) is 2. The second-order valence-electron chi connectivity index (χ2n) is 5.71. The van der Waals surface area contributed by atoms with Crippen LogP contribution >= 0.6 is 0 Å². The van der Waals surface area contributed by atoms with Gasteiger partial charge in [0.05, 0.1) is 17.9 Å². The number of rotatable bonds is 6. The maximum atomic E-state index is 6.14. The molecule has 1 aromatic heterocycles. The number of aromatic nitrogens is 2. The van der Waals surface area contributed by atoms with E-state index in [0.717, 1.165) is 36.3 Å². The summed E-state index contributed by atoms with van der Waals surface area (Å²) in [5, 5.41) is 0. The zero-order chi connectivity index (χ0) is 14.5. The number of nitrogens with zero attached hydrogens (tertiary/aromatic N) is 1. The number of H-pyrrole nitrogens is 1. The molecular formula is C17H25N3. The third-order valence-electron chi connectivity index (χ3n) is 3.70. The van der Waals surface area contributed by atoms with Crippen LogP contribution < -0.4 is 5.73 Å². The van der Waals surface area contributed by atoms with Crippen molar-refractivity contribution in [3.05, 3.63) is 41.9 Å². The van der Waals surface area contributed by atoms with Gasteiger partial charge in [0.25, 0.3) is 0 Å². The third-order valence-corrected chi connectivity index (χ3v) is 3.70. The van der Waals surface area contributed by atoms with E-state index in [1.807, 2.05) is 6.20 Å². The Morgan fingerprint density at radius 3 is 2.50 bits per heavy atom. The minimum Gasteiger partial charge on any atom is -0.341 e. The van der Waals surface area contributed by atoms with Gasteiger partial charge < -0.3 is 10.7 Å². The number of unbranched alkanes of at least 4 members (excludes halogenated alkanes) is 1. The minimum absolute atomic E-state index is 0.0126. The highest BCUT2D eigenvalue weighted by molar-refractivity contribution is 5.59. The van der Waals surface area contributed by atoms with Crippen LogP contribution in [0.25, 0.3) is 11.3 Å². The van der Waals surface area contributed by atoms with Gasteiger partial charge >= 0.3 is 0 Å². The van der Waals surface area contributed by atoms with Crippen molar-refractivity contribution in [1.29, 1.82) is 0 Å². The fraction of sp³-hybridized carbons (Fsp3) is 0.471. The minimum atomic E-state index is 0.0126. The number of benzene rings is 1. The highest BCUT2D eigenvalue weighted by Crippen LogP contribution is 2.23. The van der Waals surface area contributed by atoms with E-state index < -0.39 is 0 Å². The van der Waals surface area contributed by atoms with E-state index in [2.05, 4.69) is 55.0 Å². The average molecular weight is 271 g/mol. The molecule has 0 aliphatic carbocycles.